The highest BCUT2D eigenvalue weighted by molar-refractivity contribution is 7.71. The van der Waals surface area contributed by atoms with Gasteiger partial charge in [0.2, 0.25) is 0 Å². The fraction of sp³-hybridized carbons (Fsp3) is 0. The van der Waals surface area contributed by atoms with E-state index in [-0.39, 0.29) is 5.95 Å². The molecule has 2 rings (SSSR count). The highest BCUT2D eigenvalue weighted by Crippen LogP contribution is 2.26. The van der Waals surface area contributed by atoms with E-state index in [1.54, 1.807) is 24.3 Å². The van der Waals surface area contributed by atoms with Crippen LogP contribution in [0.5, 0.6) is 0 Å². The predicted octanol–water partition coefficient (Wildman–Crippen LogP) is 3.77. The van der Waals surface area contributed by atoms with Gasteiger partial charge in [-0.25, -0.2) is 4.98 Å². The lowest BCUT2D eigenvalue weighted by molar-refractivity contribution is 1.17. The first-order valence-electron chi connectivity index (χ1n) is 4.63. The number of benzene rings is 1. The van der Waals surface area contributed by atoms with Crippen LogP contribution in [-0.4, -0.2) is 9.97 Å². The second-order valence-electron chi connectivity index (χ2n) is 3.27. The third-order valence-electron chi connectivity index (χ3n) is 1.96. The first kappa shape index (κ1) is 12.2. The Kier molecular flexibility index (Phi) is 3.51. The number of hydrogen-bond acceptors (Lipinski definition) is 4. The number of hydrogen-bond donors (Lipinski definition) is 3. The van der Waals surface area contributed by atoms with Gasteiger partial charge < -0.3 is 16.0 Å². The smallest absolute Gasteiger partial charge is 0.200 e. The van der Waals surface area contributed by atoms with Gasteiger partial charge in [0, 0.05) is 11.8 Å². The molecule has 0 fully saturated rings. The summed E-state index contributed by atoms with van der Waals surface area (Å²) in [5.41, 5.74) is 6.32. The summed E-state index contributed by atoms with van der Waals surface area (Å²) in [5.74, 6) is 0.890. The van der Waals surface area contributed by atoms with Crippen molar-refractivity contribution in [1.29, 1.82) is 0 Å². The molecule has 88 valence electrons. The zero-order valence-corrected chi connectivity index (χ0v) is 10.8. The number of nitrogens with two attached hydrogens (primary N) is 1. The van der Waals surface area contributed by atoms with Gasteiger partial charge in [-0.3, -0.25) is 0 Å². The second-order valence-corrected chi connectivity index (χ2v) is 4.50. The minimum Gasteiger partial charge on any atom is -0.369 e. The molecule has 1 aromatic carbocycles. The molecular formula is C10H8Cl2N4S. The van der Waals surface area contributed by atoms with E-state index in [1.165, 1.54) is 0 Å². The zero-order chi connectivity index (χ0) is 12.4. The Balaban J connectivity index is 2.31. The monoisotopic (exact) mass is 286 g/mol. The Morgan fingerprint density at radius 1 is 1.24 bits per heavy atom. The largest absolute Gasteiger partial charge is 0.369 e. The summed E-state index contributed by atoms with van der Waals surface area (Å²) in [7, 11) is 0. The first-order chi connectivity index (χ1) is 8.04. The van der Waals surface area contributed by atoms with Crippen molar-refractivity contribution >= 4 is 52.9 Å². The fourth-order valence-corrected chi connectivity index (χ4v) is 1.79. The molecule has 0 atom stereocenters. The molecule has 1 aromatic heterocycles. The minimum absolute atomic E-state index is 0.250. The van der Waals surface area contributed by atoms with Crippen LogP contribution in [0.2, 0.25) is 10.0 Å². The fourth-order valence-electron chi connectivity index (χ4n) is 1.27. The number of nitrogens with zero attached hydrogens (tertiary/aromatic N) is 1. The molecule has 0 saturated heterocycles. The van der Waals surface area contributed by atoms with Crippen LogP contribution in [0.1, 0.15) is 0 Å². The van der Waals surface area contributed by atoms with E-state index in [0.717, 1.165) is 5.69 Å². The molecule has 4 N–H and O–H groups in total. The van der Waals surface area contributed by atoms with E-state index < -0.39 is 0 Å². The third-order valence-corrected chi connectivity index (χ3v) is 2.91. The molecule has 0 saturated carbocycles. The maximum absolute atomic E-state index is 5.90. The molecule has 0 unspecified atom stereocenters. The number of aromatic nitrogens is 2. The lowest BCUT2D eigenvalue weighted by atomic mass is 10.3. The van der Waals surface area contributed by atoms with E-state index in [1.807, 2.05) is 0 Å². The summed E-state index contributed by atoms with van der Waals surface area (Å²) in [6.45, 7) is 0. The van der Waals surface area contributed by atoms with Crippen molar-refractivity contribution in [2.24, 2.45) is 0 Å². The average Bonchev–Trinajstić information content (AvgIpc) is 2.22. The molecular weight excluding hydrogens is 279 g/mol. The van der Waals surface area contributed by atoms with Crippen LogP contribution >= 0.6 is 35.4 Å². The SMILES string of the molecule is Nc1nc(=S)cc(Nc2ccc(Cl)c(Cl)c2)[nH]1. The van der Waals surface area contributed by atoms with Crippen molar-refractivity contribution in [3.8, 4) is 0 Å². The van der Waals surface area contributed by atoms with Gasteiger partial charge in [-0.15, -0.1) is 0 Å². The molecule has 4 nitrogen and oxygen atoms in total. The Bertz CT molecular complexity index is 611. The van der Waals surface area contributed by atoms with E-state index >= 15 is 0 Å². The van der Waals surface area contributed by atoms with Crippen LogP contribution < -0.4 is 11.1 Å². The van der Waals surface area contributed by atoms with Crippen LogP contribution in [-0.2, 0) is 0 Å². The number of H-pyrrole nitrogens is 1. The Hall–Kier alpha value is -1.30. The average molecular weight is 287 g/mol. The van der Waals surface area contributed by atoms with E-state index in [2.05, 4.69) is 15.3 Å². The van der Waals surface area contributed by atoms with Gasteiger partial charge in [-0.2, -0.15) is 0 Å². The van der Waals surface area contributed by atoms with Crippen molar-refractivity contribution in [3.05, 3.63) is 39.0 Å². The summed E-state index contributed by atoms with van der Waals surface area (Å²) < 4.78 is 0.406. The van der Waals surface area contributed by atoms with Crippen LogP contribution in [0.15, 0.2) is 24.3 Å². The molecule has 0 aliphatic carbocycles. The predicted molar refractivity (Wildman–Crippen MR) is 73.6 cm³/mol. The summed E-state index contributed by atoms with van der Waals surface area (Å²) in [4.78, 5) is 6.70. The molecule has 0 aliphatic rings. The molecule has 0 amide bonds. The molecule has 1 heterocycles. The normalized spacial score (nSPS) is 10.2. The number of halogens is 2. The molecule has 7 heteroatoms. The molecule has 0 aliphatic heterocycles. The molecule has 0 radical (unpaired) electrons. The van der Waals surface area contributed by atoms with Crippen molar-refractivity contribution in [3.63, 3.8) is 0 Å². The Morgan fingerprint density at radius 2 is 2.00 bits per heavy atom. The van der Waals surface area contributed by atoms with Crippen LogP contribution in [0, 0.1) is 4.64 Å². The highest BCUT2D eigenvalue weighted by atomic mass is 35.5. The van der Waals surface area contributed by atoms with Gasteiger partial charge in [0.1, 0.15) is 10.5 Å². The summed E-state index contributed by atoms with van der Waals surface area (Å²) in [6, 6.07) is 6.86. The number of nitrogens with one attached hydrogen (secondary N) is 2. The van der Waals surface area contributed by atoms with Gasteiger partial charge in [0.15, 0.2) is 5.95 Å². The summed E-state index contributed by atoms with van der Waals surface area (Å²) >= 11 is 16.7. The Labute approximate surface area is 113 Å². The van der Waals surface area contributed by atoms with Crippen molar-refractivity contribution in [2.75, 3.05) is 11.1 Å². The number of aromatic amines is 1. The minimum atomic E-state index is 0.250. The molecule has 2 aromatic rings. The van der Waals surface area contributed by atoms with E-state index in [0.29, 0.717) is 20.5 Å². The molecule has 0 bridgehead atoms. The summed E-state index contributed by atoms with van der Waals surface area (Å²) in [5, 5.41) is 4.04. The molecule has 17 heavy (non-hydrogen) atoms. The van der Waals surface area contributed by atoms with Crippen molar-refractivity contribution < 1.29 is 0 Å². The number of nitrogen functional groups attached to an aromatic ring is 1. The van der Waals surface area contributed by atoms with Crippen LogP contribution in [0.3, 0.4) is 0 Å². The maximum Gasteiger partial charge on any atom is 0.200 e. The van der Waals surface area contributed by atoms with E-state index in [9.17, 15) is 0 Å². The standard InChI is InChI=1S/C10H8Cl2N4S/c11-6-2-1-5(3-7(6)12)14-8-4-9(17)16-10(13)15-8/h1-4H,(H4,13,14,15,16,17). The van der Waals surface area contributed by atoms with E-state index in [4.69, 9.17) is 41.2 Å². The lowest BCUT2D eigenvalue weighted by Gasteiger charge is -2.07. The zero-order valence-electron chi connectivity index (χ0n) is 8.50. The van der Waals surface area contributed by atoms with Crippen LogP contribution in [0.4, 0.5) is 17.5 Å². The van der Waals surface area contributed by atoms with Gasteiger partial charge in [-0.05, 0) is 18.2 Å². The Morgan fingerprint density at radius 3 is 2.65 bits per heavy atom. The molecule has 0 spiro atoms. The maximum atomic E-state index is 5.90. The summed E-state index contributed by atoms with van der Waals surface area (Å²) in [6.07, 6.45) is 0. The van der Waals surface area contributed by atoms with Gasteiger partial charge in [0.05, 0.1) is 10.0 Å². The second kappa shape index (κ2) is 4.91. The van der Waals surface area contributed by atoms with Crippen molar-refractivity contribution in [1.82, 2.24) is 9.97 Å². The van der Waals surface area contributed by atoms with Gasteiger partial charge >= 0.3 is 0 Å². The van der Waals surface area contributed by atoms with Gasteiger partial charge in [-0.1, -0.05) is 35.4 Å². The third kappa shape index (κ3) is 3.09. The topological polar surface area (TPSA) is 66.7 Å². The van der Waals surface area contributed by atoms with Gasteiger partial charge in [0.25, 0.3) is 0 Å². The van der Waals surface area contributed by atoms with Crippen LogP contribution in [0.25, 0.3) is 0 Å². The highest BCUT2D eigenvalue weighted by Gasteiger charge is 2.01. The number of rotatable bonds is 2. The quantitative estimate of drug-likeness (QED) is 0.735. The van der Waals surface area contributed by atoms with Crippen molar-refractivity contribution in [2.45, 2.75) is 0 Å². The number of anilines is 3. The first-order valence-corrected chi connectivity index (χ1v) is 5.80. The lowest BCUT2D eigenvalue weighted by Crippen LogP contribution is -1.99.